The maximum Gasteiger partial charge on any atom is 0.223 e. The average Bonchev–Trinajstić information content (AvgIpc) is 2.59. The molecule has 1 saturated heterocycles. The Morgan fingerprint density at radius 1 is 1.21 bits per heavy atom. The molecule has 24 heavy (non-hydrogen) atoms. The molecule has 0 unspecified atom stereocenters. The highest BCUT2D eigenvalue weighted by atomic mass is 35.5. The van der Waals surface area contributed by atoms with Crippen molar-refractivity contribution in [3.05, 3.63) is 23.8 Å². The van der Waals surface area contributed by atoms with Crippen molar-refractivity contribution < 1.29 is 14.3 Å². The van der Waals surface area contributed by atoms with Crippen molar-refractivity contribution in [2.75, 3.05) is 33.9 Å². The molecule has 0 aromatic heterocycles. The summed E-state index contributed by atoms with van der Waals surface area (Å²) < 4.78 is 10.7. The molecule has 0 aliphatic carbocycles. The first-order valence-corrected chi connectivity index (χ1v) is 8.19. The normalized spacial score (nSPS) is 15.3. The Bertz CT molecular complexity index is 543. The molecule has 1 aliphatic heterocycles. The van der Waals surface area contributed by atoms with Gasteiger partial charge in [0.25, 0.3) is 0 Å². The highest BCUT2D eigenvalue weighted by Crippen LogP contribution is 2.33. The van der Waals surface area contributed by atoms with Gasteiger partial charge in [-0.3, -0.25) is 4.79 Å². The van der Waals surface area contributed by atoms with Crippen LogP contribution < -0.4 is 20.1 Å². The molecular weight excluding hydrogens is 328 g/mol. The highest BCUT2D eigenvalue weighted by Gasteiger charge is 2.26. The van der Waals surface area contributed by atoms with Gasteiger partial charge in [0.1, 0.15) is 0 Å². The number of halogens is 1. The second-order valence-corrected chi connectivity index (χ2v) is 6.70. The number of carbonyl (C=O) groups excluding carboxylic acids is 1. The first-order valence-electron chi connectivity index (χ1n) is 8.19. The largest absolute Gasteiger partial charge is 0.493 e. The quantitative estimate of drug-likeness (QED) is 0.822. The standard InChI is InChI=1S/C18H28N2O3.ClH/c1-18(2,12-20-17(21)13-7-9-19-10-8-13)14-5-6-15(22-3)16(11-14)23-4;/h5-6,11,13,19H,7-10,12H2,1-4H3,(H,20,21);1H. The van der Waals surface area contributed by atoms with Crippen molar-refractivity contribution in [1.82, 2.24) is 10.6 Å². The molecule has 2 rings (SSSR count). The Kier molecular flexibility index (Phi) is 7.84. The van der Waals surface area contributed by atoms with E-state index in [0.29, 0.717) is 18.0 Å². The lowest BCUT2D eigenvalue weighted by Crippen LogP contribution is -2.42. The zero-order valence-corrected chi connectivity index (χ0v) is 15.8. The van der Waals surface area contributed by atoms with Crippen molar-refractivity contribution in [3.63, 3.8) is 0 Å². The predicted molar refractivity (Wildman–Crippen MR) is 98.4 cm³/mol. The van der Waals surface area contributed by atoms with E-state index in [1.165, 1.54) is 0 Å². The average molecular weight is 357 g/mol. The van der Waals surface area contributed by atoms with Crippen LogP contribution in [0.5, 0.6) is 11.5 Å². The number of hydrogen-bond acceptors (Lipinski definition) is 4. The molecule has 1 fully saturated rings. The van der Waals surface area contributed by atoms with E-state index in [1.54, 1.807) is 14.2 Å². The molecule has 2 N–H and O–H groups in total. The maximum absolute atomic E-state index is 12.3. The molecule has 0 atom stereocenters. The van der Waals surface area contributed by atoms with Gasteiger partial charge in [0.2, 0.25) is 5.91 Å². The molecule has 136 valence electrons. The third-order valence-corrected chi connectivity index (χ3v) is 4.58. The van der Waals surface area contributed by atoms with Crippen LogP contribution in [0.25, 0.3) is 0 Å². The molecule has 5 nitrogen and oxygen atoms in total. The molecule has 1 aromatic rings. The van der Waals surface area contributed by atoms with Crippen LogP contribution in [-0.4, -0.2) is 39.8 Å². The van der Waals surface area contributed by atoms with Crippen LogP contribution >= 0.6 is 12.4 Å². The summed E-state index contributed by atoms with van der Waals surface area (Å²) in [6, 6.07) is 5.91. The first kappa shape index (κ1) is 20.6. The summed E-state index contributed by atoms with van der Waals surface area (Å²) in [7, 11) is 3.26. The van der Waals surface area contributed by atoms with E-state index in [-0.39, 0.29) is 29.6 Å². The zero-order chi connectivity index (χ0) is 16.9. The lowest BCUT2D eigenvalue weighted by atomic mass is 9.84. The van der Waals surface area contributed by atoms with E-state index in [2.05, 4.69) is 24.5 Å². The monoisotopic (exact) mass is 356 g/mol. The highest BCUT2D eigenvalue weighted by molar-refractivity contribution is 5.85. The van der Waals surface area contributed by atoms with E-state index in [9.17, 15) is 4.79 Å². The minimum Gasteiger partial charge on any atom is -0.493 e. The number of methoxy groups -OCH3 is 2. The van der Waals surface area contributed by atoms with Gasteiger partial charge in [-0.05, 0) is 43.6 Å². The topological polar surface area (TPSA) is 59.6 Å². The Labute approximate surface area is 150 Å². The van der Waals surface area contributed by atoms with Crippen LogP contribution in [0.15, 0.2) is 18.2 Å². The van der Waals surface area contributed by atoms with Gasteiger partial charge in [0.05, 0.1) is 14.2 Å². The van der Waals surface area contributed by atoms with Crippen molar-refractivity contribution in [3.8, 4) is 11.5 Å². The Morgan fingerprint density at radius 2 is 1.83 bits per heavy atom. The third-order valence-electron chi connectivity index (χ3n) is 4.58. The molecule has 0 saturated carbocycles. The Balaban J connectivity index is 0.00000288. The summed E-state index contributed by atoms with van der Waals surface area (Å²) in [5.74, 6) is 1.73. The molecule has 0 bridgehead atoms. The third kappa shape index (κ3) is 5.02. The molecule has 0 spiro atoms. The second kappa shape index (κ2) is 9.14. The molecule has 1 heterocycles. The number of benzene rings is 1. The maximum atomic E-state index is 12.3. The predicted octanol–water partition coefficient (Wildman–Crippen LogP) is 2.52. The van der Waals surface area contributed by atoms with Crippen LogP contribution in [0.3, 0.4) is 0 Å². The number of amides is 1. The number of hydrogen-bond donors (Lipinski definition) is 2. The van der Waals surface area contributed by atoms with Crippen LogP contribution in [0.4, 0.5) is 0 Å². The fraction of sp³-hybridized carbons (Fsp3) is 0.611. The van der Waals surface area contributed by atoms with Gasteiger partial charge in [-0.25, -0.2) is 0 Å². The van der Waals surface area contributed by atoms with Crippen LogP contribution in [-0.2, 0) is 10.2 Å². The lowest BCUT2D eigenvalue weighted by molar-refractivity contribution is -0.125. The van der Waals surface area contributed by atoms with Crippen molar-refractivity contribution in [2.45, 2.75) is 32.1 Å². The van der Waals surface area contributed by atoms with Gasteiger partial charge in [-0.1, -0.05) is 19.9 Å². The Morgan fingerprint density at radius 3 is 2.42 bits per heavy atom. The van der Waals surface area contributed by atoms with Crippen LogP contribution in [0, 0.1) is 5.92 Å². The second-order valence-electron chi connectivity index (χ2n) is 6.70. The molecule has 1 amide bonds. The summed E-state index contributed by atoms with van der Waals surface area (Å²) in [4.78, 5) is 12.3. The minimum atomic E-state index is -0.178. The van der Waals surface area contributed by atoms with Crippen molar-refractivity contribution >= 4 is 18.3 Å². The summed E-state index contributed by atoms with van der Waals surface area (Å²) in [5.41, 5.74) is 0.933. The number of rotatable bonds is 6. The lowest BCUT2D eigenvalue weighted by Gasteiger charge is -2.28. The summed E-state index contributed by atoms with van der Waals surface area (Å²) in [6.07, 6.45) is 1.84. The SMILES string of the molecule is COc1ccc(C(C)(C)CNC(=O)C2CCNCC2)cc1OC.Cl. The van der Waals surface area contributed by atoms with Crippen LogP contribution in [0.2, 0.25) is 0 Å². The fourth-order valence-corrected chi connectivity index (χ4v) is 2.90. The van der Waals surface area contributed by atoms with Gasteiger partial charge in [0, 0.05) is 17.9 Å². The van der Waals surface area contributed by atoms with Gasteiger partial charge >= 0.3 is 0 Å². The Hall–Kier alpha value is -1.46. The summed E-state index contributed by atoms with van der Waals surface area (Å²) in [5, 5.41) is 6.40. The fourth-order valence-electron chi connectivity index (χ4n) is 2.90. The molecule has 6 heteroatoms. The smallest absolute Gasteiger partial charge is 0.223 e. The van der Waals surface area contributed by atoms with Gasteiger partial charge in [0.15, 0.2) is 11.5 Å². The van der Waals surface area contributed by atoms with E-state index in [0.717, 1.165) is 31.5 Å². The van der Waals surface area contributed by atoms with E-state index in [1.807, 2.05) is 18.2 Å². The minimum absolute atomic E-state index is 0. The van der Waals surface area contributed by atoms with Gasteiger partial charge in [-0.2, -0.15) is 0 Å². The van der Waals surface area contributed by atoms with Gasteiger partial charge < -0.3 is 20.1 Å². The molecular formula is C18H29ClN2O3. The van der Waals surface area contributed by atoms with Gasteiger partial charge in [-0.15, -0.1) is 12.4 Å². The van der Waals surface area contributed by atoms with Crippen molar-refractivity contribution in [1.29, 1.82) is 0 Å². The number of carbonyl (C=O) groups is 1. The van der Waals surface area contributed by atoms with E-state index in [4.69, 9.17) is 9.47 Å². The first-order chi connectivity index (χ1) is 11.0. The van der Waals surface area contributed by atoms with E-state index < -0.39 is 0 Å². The molecule has 0 radical (unpaired) electrons. The van der Waals surface area contributed by atoms with E-state index >= 15 is 0 Å². The summed E-state index contributed by atoms with van der Waals surface area (Å²) >= 11 is 0. The molecule has 1 aliphatic rings. The summed E-state index contributed by atoms with van der Waals surface area (Å²) in [6.45, 7) is 6.70. The van der Waals surface area contributed by atoms with Crippen molar-refractivity contribution in [2.24, 2.45) is 5.92 Å². The van der Waals surface area contributed by atoms with Crippen LogP contribution in [0.1, 0.15) is 32.3 Å². The number of nitrogens with one attached hydrogen (secondary N) is 2. The number of piperidine rings is 1. The number of ether oxygens (including phenoxy) is 2. The zero-order valence-electron chi connectivity index (χ0n) is 15.0. The molecule has 1 aromatic carbocycles.